The van der Waals surface area contributed by atoms with Crippen molar-refractivity contribution in [2.75, 3.05) is 13.1 Å². The fourth-order valence-electron chi connectivity index (χ4n) is 2.90. The van der Waals surface area contributed by atoms with Gasteiger partial charge in [0.15, 0.2) is 0 Å². The summed E-state index contributed by atoms with van der Waals surface area (Å²) in [5, 5.41) is 10.8. The second-order valence-corrected chi connectivity index (χ2v) is 4.90. The molecule has 17 heavy (non-hydrogen) atoms. The Kier molecular flexibility index (Phi) is 3.13. The van der Waals surface area contributed by atoms with Crippen molar-refractivity contribution in [3.63, 3.8) is 0 Å². The number of nitrogens with zero attached hydrogens (tertiary/aromatic N) is 2. The molecule has 1 aliphatic heterocycles. The average molecular weight is 240 g/mol. The van der Waals surface area contributed by atoms with Crippen molar-refractivity contribution in [1.82, 2.24) is 4.90 Å². The van der Waals surface area contributed by atoms with Gasteiger partial charge in [-0.15, -0.1) is 0 Å². The van der Waals surface area contributed by atoms with E-state index in [0.717, 1.165) is 6.42 Å². The van der Waals surface area contributed by atoms with Gasteiger partial charge in [0.2, 0.25) is 12.5 Å². The molecule has 0 aromatic heterocycles. The first kappa shape index (κ1) is 12.0. The van der Waals surface area contributed by atoms with Crippen molar-refractivity contribution >= 4 is 11.7 Å². The number of hydrogen-bond donors (Lipinski definition) is 0. The van der Waals surface area contributed by atoms with E-state index >= 15 is 0 Å². The molecule has 1 amide bonds. The maximum atomic E-state index is 11.8. The number of hydrogen-bond acceptors (Lipinski definition) is 4. The summed E-state index contributed by atoms with van der Waals surface area (Å²) in [6.45, 7) is 0.368. The van der Waals surface area contributed by atoms with Crippen LogP contribution in [0.1, 0.15) is 38.5 Å². The van der Waals surface area contributed by atoms with Crippen LogP contribution in [-0.2, 0) is 9.59 Å². The van der Waals surface area contributed by atoms with Crippen molar-refractivity contribution in [2.45, 2.75) is 44.1 Å². The zero-order valence-corrected chi connectivity index (χ0v) is 9.68. The van der Waals surface area contributed by atoms with E-state index in [9.17, 15) is 19.7 Å². The highest BCUT2D eigenvalue weighted by Crippen LogP contribution is 2.35. The average Bonchev–Trinajstić information content (AvgIpc) is 2.68. The minimum atomic E-state index is -0.703. The lowest BCUT2D eigenvalue weighted by Crippen LogP contribution is -2.55. The number of nitro groups is 1. The number of ketones is 1. The van der Waals surface area contributed by atoms with Gasteiger partial charge in [-0.3, -0.25) is 19.7 Å². The first-order chi connectivity index (χ1) is 8.03. The normalized spacial score (nSPS) is 24.1. The second kappa shape index (κ2) is 4.43. The summed E-state index contributed by atoms with van der Waals surface area (Å²) in [5.41, 5.74) is -0.703. The Hall–Kier alpha value is -1.46. The van der Waals surface area contributed by atoms with Crippen LogP contribution in [0.5, 0.6) is 0 Å². The Balaban J connectivity index is 2.20. The first-order valence-corrected chi connectivity index (χ1v) is 5.97. The molecule has 0 atom stereocenters. The first-order valence-electron chi connectivity index (χ1n) is 5.97. The minimum Gasteiger partial charge on any atom is -0.330 e. The van der Waals surface area contributed by atoms with Crippen molar-refractivity contribution in [2.24, 2.45) is 0 Å². The van der Waals surface area contributed by atoms with Crippen LogP contribution < -0.4 is 0 Å². The van der Waals surface area contributed by atoms with Gasteiger partial charge in [0.25, 0.3) is 0 Å². The number of carbonyl (C=O) groups excluding carboxylic acids is 2. The van der Waals surface area contributed by atoms with Crippen molar-refractivity contribution in [1.29, 1.82) is 0 Å². The summed E-state index contributed by atoms with van der Waals surface area (Å²) in [6.07, 6.45) is 2.85. The van der Waals surface area contributed by atoms with Gasteiger partial charge in [-0.25, -0.2) is 0 Å². The lowest BCUT2D eigenvalue weighted by atomic mass is 9.79. The smallest absolute Gasteiger partial charge is 0.226 e. The van der Waals surface area contributed by atoms with Gasteiger partial charge in [-0.1, -0.05) is 0 Å². The minimum absolute atomic E-state index is 0.00111. The maximum Gasteiger partial charge on any atom is 0.226 e. The molecule has 6 heteroatoms. The monoisotopic (exact) mass is 240 g/mol. The molecule has 94 valence electrons. The molecule has 2 aliphatic rings. The zero-order valence-electron chi connectivity index (χ0n) is 9.68. The van der Waals surface area contributed by atoms with E-state index in [4.69, 9.17) is 0 Å². The fourth-order valence-corrected chi connectivity index (χ4v) is 2.90. The predicted molar refractivity (Wildman–Crippen MR) is 59.0 cm³/mol. The quantitative estimate of drug-likeness (QED) is 0.539. The highest BCUT2D eigenvalue weighted by atomic mass is 16.6. The molecule has 1 saturated heterocycles. The molecule has 2 fully saturated rings. The van der Waals surface area contributed by atoms with Crippen LogP contribution in [0, 0.1) is 10.1 Å². The van der Waals surface area contributed by atoms with Gasteiger partial charge in [0.1, 0.15) is 11.3 Å². The molecule has 1 heterocycles. The summed E-state index contributed by atoms with van der Waals surface area (Å²) in [6, 6.07) is 0. The van der Waals surface area contributed by atoms with Crippen molar-refractivity contribution in [3.8, 4) is 0 Å². The number of Topliss-reactive ketones (excluding diaryl/α,β-unsaturated/α-hetero) is 1. The Bertz CT molecular complexity index is 356. The van der Waals surface area contributed by atoms with Gasteiger partial charge < -0.3 is 4.90 Å². The van der Waals surface area contributed by atoms with Crippen LogP contribution in [0.4, 0.5) is 0 Å². The van der Waals surface area contributed by atoms with Crippen molar-refractivity contribution in [3.05, 3.63) is 10.1 Å². The van der Waals surface area contributed by atoms with E-state index in [1.165, 1.54) is 0 Å². The van der Waals surface area contributed by atoms with Gasteiger partial charge in [-0.2, -0.15) is 0 Å². The molecule has 1 aliphatic carbocycles. The largest absolute Gasteiger partial charge is 0.330 e. The third kappa shape index (κ3) is 2.30. The van der Waals surface area contributed by atoms with Crippen LogP contribution in [0.15, 0.2) is 0 Å². The molecule has 0 bridgehead atoms. The van der Waals surface area contributed by atoms with E-state index in [2.05, 4.69) is 0 Å². The van der Waals surface area contributed by atoms with Gasteiger partial charge in [0, 0.05) is 30.7 Å². The molecule has 0 radical (unpaired) electrons. The summed E-state index contributed by atoms with van der Waals surface area (Å²) in [5.74, 6) is 0.150. The zero-order chi connectivity index (χ0) is 12.5. The third-order valence-corrected chi connectivity index (χ3v) is 3.81. The molecule has 0 unspecified atom stereocenters. The lowest BCUT2D eigenvalue weighted by Gasteiger charge is -2.41. The van der Waals surface area contributed by atoms with Crippen LogP contribution in [0.3, 0.4) is 0 Å². The van der Waals surface area contributed by atoms with Crippen LogP contribution >= 0.6 is 0 Å². The third-order valence-electron chi connectivity index (χ3n) is 3.81. The fraction of sp³-hybridized carbons (Fsp3) is 0.818. The summed E-state index contributed by atoms with van der Waals surface area (Å²) in [7, 11) is 0. The molecule has 0 N–H and O–H groups in total. The second-order valence-electron chi connectivity index (χ2n) is 4.90. The summed E-state index contributed by atoms with van der Waals surface area (Å²) >= 11 is 0. The molecule has 1 saturated carbocycles. The lowest BCUT2D eigenvalue weighted by molar-refractivity contribution is -0.495. The standard InChI is InChI=1S/C11H16N2O4/c14-9-3-5-11(6-4-9,8-13(16)17)12-7-1-2-10(12)15/h1-8H2. The van der Waals surface area contributed by atoms with Gasteiger partial charge >= 0.3 is 0 Å². The predicted octanol–water partition coefficient (Wildman–Crippen LogP) is 0.767. The van der Waals surface area contributed by atoms with E-state index in [1.807, 2.05) is 0 Å². The Labute approximate surface area is 99.1 Å². The van der Waals surface area contributed by atoms with E-state index in [-0.39, 0.29) is 23.2 Å². The number of amides is 1. The van der Waals surface area contributed by atoms with E-state index in [0.29, 0.717) is 38.6 Å². The number of carbonyl (C=O) groups is 2. The number of rotatable bonds is 3. The molecule has 6 nitrogen and oxygen atoms in total. The van der Waals surface area contributed by atoms with E-state index < -0.39 is 5.54 Å². The topological polar surface area (TPSA) is 80.5 Å². The Morgan fingerprint density at radius 3 is 2.35 bits per heavy atom. The maximum absolute atomic E-state index is 11.8. The summed E-state index contributed by atoms with van der Waals surface area (Å²) < 4.78 is 0. The molecule has 0 aromatic carbocycles. The number of likely N-dealkylation sites (tertiary alicyclic amines) is 1. The molecule has 0 aromatic rings. The van der Waals surface area contributed by atoms with Crippen molar-refractivity contribution < 1.29 is 14.5 Å². The van der Waals surface area contributed by atoms with Crippen LogP contribution in [-0.4, -0.2) is 40.1 Å². The molecular formula is C11H16N2O4. The van der Waals surface area contributed by atoms with Gasteiger partial charge in [0.05, 0.1) is 0 Å². The SMILES string of the molecule is O=C1CCC(C[N+](=O)[O-])(N2CCCC2=O)CC1. The van der Waals surface area contributed by atoms with Crippen LogP contribution in [0.2, 0.25) is 0 Å². The summed E-state index contributed by atoms with van der Waals surface area (Å²) in [4.78, 5) is 35.1. The highest BCUT2D eigenvalue weighted by Gasteiger charge is 2.47. The Morgan fingerprint density at radius 1 is 1.24 bits per heavy atom. The molecule has 0 spiro atoms. The molecular weight excluding hydrogens is 224 g/mol. The van der Waals surface area contributed by atoms with E-state index in [1.54, 1.807) is 4.90 Å². The van der Waals surface area contributed by atoms with Gasteiger partial charge in [-0.05, 0) is 19.3 Å². The highest BCUT2D eigenvalue weighted by molar-refractivity contribution is 5.82. The Morgan fingerprint density at radius 2 is 1.88 bits per heavy atom. The van der Waals surface area contributed by atoms with Crippen LogP contribution in [0.25, 0.3) is 0 Å². The molecule has 2 rings (SSSR count).